The zero-order valence-electron chi connectivity index (χ0n) is 11.9. The molecule has 6 atom stereocenters. The van der Waals surface area contributed by atoms with Crippen LogP contribution in [0.2, 0.25) is 0 Å². The summed E-state index contributed by atoms with van der Waals surface area (Å²) in [5.74, 6) is -2.06. The molecule has 0 spiro atoms. The van der Waals surface area contributed by atoms with E-state index in [1.165, 1.54) is 0 Å². The van der Waals surface area contributed by atoms with Crippen LogP contribution < -0.4 is 5.73 Å². The Morgan fingerprint density at radius 2 is 1.85 bits per heavy atom. The molecule has 0 aromatic heterocycles. The molecule has 0 bridgehead atoms. The molecule has 1 fully saturated rings. The summed E-state index contributed by atoms with van der Waals surface area (Å²) in [5, 5.41) is 48.6. The van der Waals surface area contributed by atoms with E-state index >= 15 is 0 Å². The molecule has 0 aromatic rings. The number of aliphatic hydroxyl groups excluding tert-OH is 4. The van der Waals surface area contributed by atoms with Crippen LogP contribution in [0, 0.1) is 0 Å². The first-order chi connectivity index (χ1) is 9.35. The Labute approximate surface area is 119 Å². The summed E-state index contributed by atoms with van der Waals surface area (Å²) in [6.07, 6.45) is -2.30. The van der Waals surface area contributed by atoms with E-state index in [4.69, 9.17) is 15.6 Å². The first-order valence-electron chi connectivity index (χ1n) is 7.16. The van der Waals surface area contributed by atoms with Crippen LogP contribution in [0.25, 0.3) is 0 Å². The van der Waals surface area contributed by atoms with Gasteiger partial charge < -0.3 is 36.0 Å². The Morgan fingerprint density at radius 3 is 2.40 bits per heavy atom. The van der Waals surface area contributed by atoms with E-state index in [0.29, 0.717) is 6.42 Å². The molecule has 0 saturated carbocycles. The molecular formula is C13H27NO6. The summed E-state index contributed by atoms with van der Waals surface area (Å²) >= 11 is 0. The largest absolute Gasteiger partial charge is 0.394 e. The molecule has 0 aromatic carbocycles. The van der Waals surface area contributed by atoms with E-state index < -0.39 is 42.9 Å². The minimum absolute atomic E-state index is 0.0713. The number of rotatable bonds is 7. The fourth-order valence-electron chi connectivity index (χ4n) is 2.52. The lowest BCUT2D eigenvalue weighted by Crippen LogP contribution is -2.66. The first kappa shape index (κ1) is 17.8. The Kier molecular flexibility index (Phi) is 6.80. The summed E-state index contributed by atoms with van der Waals surface area (Å²) in [6.45, 7) is 1.50. The number of unbranched alkanes of at least 4 members (excludes halogenated alkanes) is 2. The van der Waals surface area contributed by atoms with Crippen LogP contribution in [0.5, 0.6) is 0 Å². The van der Waals surface area contributed by atoms with Gasteiger partial charge in [0.15, 0.2) is 5.79 Å². The third-order valence-electron chi connectivity index (χ3n) is 3.79. The minimum Gasteiger partial charge on any atom is -0.394 e. The highest BCUT2D eigenvalue weighted by atomic mass is 16.7. The lowest BCUT2D eigenvalue weighted by molar-refractivity contribution is -0.352. The van der Waals surface area contributed by atoms with Crippen molar-refractivity contribution in [1.82, 2.24) is 0 Å². The Bertz CT molecular complexity index is 290. The smallest absolute Gasteiger partial charge is 0.196 e. The second-order valence-electron chi connectivity index (χ2n) is 5.57. The average Bonchev–Trinajstić information content (AvgIpc) is 2.41. The van der Waals surface area contributed by atoms with Crippen LogP contribution >= 0.6 is 0 Å². The maximum Gasteiger partial charge on any atom is 0.196 e. The van der Waals surface area contributed by atoms with Gasteiger partial charge in [0.05, 0.1) is 6.61 Å². The maximum atomic E-state index is 10.3. The summed E-state index contributed by atoms with van der Waals surface area (Å²) in [5.41, 5.74) is 5.90. The first-order valence-corrected chi connectivity index (χ1v) is 7.16. The predicted octanol–water partition coefficient (Wildman–Crippen LogP) is -1.55. The van der Waals surface area contributed by atoms with E-state index in [-0.39, 0.29) is 6.42 Å². The molecule has 20 heavy (non-hydrogen) atoms. The predicted molar refractivity (Wildman–Crippen MR) is 71.7 cm³/mol. The molecule has 7 heteroatoms. The molecule has 1 unspecified atom stereocenters. The van der Waals surface area contributed by atoms with Crippen molar-refractivity contribution in [3.05, 3.63) is 0 Å². The van der Waals surface area contributed by atoms with Gasteiger partial charge in [0, 0.05) is 12.5 Å². The quantitative estimate of drug-likeness (QED) is 0.313. The number of aliphatic hydroxyl groups is 5. The summed E-state index contributed by atoms with van der Waals surface area (Å²) < 4.78 is 5.16. The van der Waals surface area contributed by atoms with Crippen molar-refractivity contribution in [2.45, 2.75) is 75.3 Å². The van der Waals surface area contributed by atoms with Crippen LogP contribution in [-0.2, 0) is 4.74 Å². The number of hydrogen-bond donors (Lipinski definition) is 6. The van der Waals surface area contributed by atoms with Crippen LogP contribution in [0.4, 0.5) is 0 Å². The number of nitrogens with two attached hydrogens (primary N) is 1. The molecule has 0 aliphatic carbocycles. The van der Waals surface area contributed by atoms with E-state index in [9.17, 15) is 20.4 Å². The highest BCUT2D eigenvalue weighted by molar-refractivity contribution is 4.97. The number of ether oxygens (including phenoxy) is 1. The lowest BCUT2D eigenvalue weighted by atomic mass is 9.88. The maximum absolute atomic E-state index is 10.3. The molecule has 1 saturated heterocycles. The summed E-state index contributed by atoms with van der Waals surface area (Å²) in [4.78, 5) is 0. The third-order valence-corrected chi connectivity index (χ3v) is 3.79. The van der Waals surface area contributed by atoms with E-state index in [1.807, 2.05) is 0 Å². The van der Waals surface area contributed by atoms with Gasteiger partial charge in [-0.15, -0.1) is 0 Å². The molecule has 1 rings (SSSR count). The fourth-order valence-corrected chi connectivity index (χ4v) is 2.52. The molecule has 0 radical (unpaired) electrons. The van der Waals surface area contributed by atoms with Crippen molar-refractivity contribution < 1.29 is 30.3 Å². The van der Waals surface area contributed by atoms with Crippen molar-refractivity contribution in [3.63, 3.8) is 0 Å². The normalized spacial score (nSPS) is 39.8. The highest BCUT2D eigenvalue weighted by Crippen LogP contribution is 2.32. The molecule has 7 nitrogen and oxygen atoms in total. The Morgan fingerprint density at radius 1 is 1.20 bits per heavy atom. The zero-order chi connectivity index (χ0) is 15.3. The van der Waals surface area contributed by atoms with E-state index in [2.05, 4.69) is 6.92 Å². The molecule has 7 N–H and O–H groups in total. The van der Waals surface area contributed by atoms with Gasteiger partial charge in [-0.25, -0.2) is 0 Å². The number of hydrogen-bond acceptors (Lipinski definition) is 7. The van der Waals surface area contributed by atoms with Crippen LogP contribution in [-0.4, -0.2) is 68.4 Å². The van der Waals surface area contributed by atoms with Gasteiger partial charge in [-0.1, -0.05) is 26.2 Å². The second kappa shape index (κ2) is 7.65. The molecule has 0 amide bonds. The average molecular weight is 293 g/mol. The van der Waals surface area contributed by atoms with Gasteiger partial charge in [0.25, 0.3) is 0 Å². The van der Waals surface area contributed by atoms with E-state index in [0.717, 1.165) is 19.3 Å². The highest BCUT2D eigenvalue weighted by Gasteiger charge is 2.52. The van der Waals surface area contributed by atoms with Crippen LogP contribution in [0.1, 0.15) is 39.0 Å². The monoisotopic (exact) mass is 293 g/mol. The molecule has 1 aliphatic rings. The van der Waals surface area contributed by atoms with E-state index in [1.54, 1.807) is 0 Å². The van der Waals surface area contributed by atoms with Gasteiger partial charge in [0.1, 0.15) is 24.4 Å². The van der Waals surface area contributed by atoms with Gasteiger partial charge in [-0.2, -0.15) is 0 Å². The van der Waals surface area contributed by atoms with Crippen molar-refractivity contribution >= 4 is 0 Å². The minimum atomic E-state index is -2.06. The van der Waals surface area contributed by atoms with Crippen molar-refractivity contribution in [1.29, 1.82) is 0 Å². The van der Waals surface area contributed by atoms with Gasteiger partial charge in [-0.05, 0) is 6.42 Å². The molecular weight excluding hydrogens is 266 g/mol. The zero-order valence-corrected chi connectivity index (χ0v) is 11.9. The van der Waals surface area contributed by atoms with Crippen molar-refractivity contribution in [3.8, 4) is 0 Å². The topological polar surface area (TPSA) is 136 Å². The SMILES string of the molecule is CCCCCC(N)C[C@@]1(O)O[C@H](CO)[C@@H](O)[C@H](O)[C@@H]1O. The standard InChI is InChI=1S/C13H27NO6/c1-2-3-4-5-8(14)6-13(19)12(18)11(17)10(16)9(7-15)20-13/h8-12,15-19H,2-7,14H2,1H3/t8?,9-,10-,11+,12+,13-/m1/s1. The second-order valence-corrected chi connectivity index (χ2v) is 5.57. The van der Waals surface area contributed by atoms with Crippen LogP contribution in [0.15, 0.2) is 0 Å². The molecule has 1 heterocycles. The van der Waals surface area contributed by atoms with Crippen molar-refractivity contribution in [2.24, 2.45) is 5.73 Å². The summed E-state index contributed by atoms with van der Waals surface area (Å²) in [6, 6.07) is -0.400. The fraction of sp³-hybridized carbons (Fsp3) is 1.00. The Hall–Kier alpha value is -0.280. The van der Waals surface area contributed by atoms with Crippen molar-refractivity contribution in [2.75, 3.05) is 6.61 Å². The summed E-state index contributed by atoms with van der Waals surface area (Å²) in [7, 11) is 0. The van der Waals surface area contributed by atoms with Crippen LogP contribution in [0.3, 0.4) is 0 Å². The lowest BCUT2D eigenvalue weighted by Gasteiger charge is -2.46. The van der Waals surface area contributed by atoms with Gasteiger partial charge in [0.2, 0.25) is 0 Å². The molecule has 1 aliphatic heterocycles. The Balaban J connectivity index is 2.64. The molecule has 120 valence electrons. The third kappa shape index (κ3) is 4.11. The van der Waals surface area contributed by atoms with Gasteiger partial charge in [-0.3, -0.25) is 0 Å². The van der Waals surface area contributed by atoms with Gasteiger partial charge >= 0.3 is 0 Å².